The van der Waals surface area contributed by atoms with Crippen molar-refractivity contribution in [3.05, 3.63) is 11.7 Å². The Kier molecular flexibility index (Phi) is 3.31. The van der Waals surface area contributed by atoms with Crippen molar-refractivity contribution in [2.45, 2.75) is 38.0 Å². The van der Waals surface area contributed by atoms with Gasteiger partial charge >= 0.3 is 0 Å². The van der Waals surface area contributed by atoms with E-state index >= 15 is 0 Å². The van der Waals surface area contributed by atoms with Gasteiger partial charge in [0, 0.05) is 0 Å². The van der Waals surface area contributed by atoms with Crippen LogP contribution >= 0.6 is 11.8 Å². The first kappa shape index (κ1) is 11.0. The smallest absolute Gasteiger partial charge is 0.246 e. The fourth-order valence-electron chi connectivity index (χ4n) is 1.81. The van der Waals surface area contributed by atoms with Crippen molar-refractivity contribution >= 4 is 11.8 Å². The Bertz CT molecular complexity index is 320. The van der Waals surface area contributed by atoms with E-state index in [0.717, 1.165) is 36.2 Å². The van der Waals surface area contributed by atoms with E-state index in [-0.39, 0.29) is 5.54 Å². The van der Waals surface area contributed by atoms with Crippen molar-refractivity contribution in [1.29, 1.82) is 0 Å². The largest absolute Gasteiger partial charge is 0.337 e. The molecule has 15 heavy (non-hydrogen) atoms. The summed E-state index contributed by atoms with van der Waals surface area (Å²) in [5, 5.41) is 7.41. The van der Waals surface area contributed by atoms with Gasteiger partial charge in [0.2, 0.25) is 5.89 Å². The van der Waals surface area contributed by atoms with Crippen LogP contribution in [0, 0.1) is 0 Å². The van der Waals surface area contributed by atoms with Crippen molar-refractivity contribution in [2.75, 3.05) is 12.3 Å². The van der Waals surface area contributed by atoms with Crippen molar-refractivity contribution in [3.8, 4) is 0 Å². The minimum Gasteiger partial charge on any atom is -0.337 e. The monoisotopic (exact) mass is 227 g/mol. The minimum atomic E-state index is -0.0951. The molecule has 1 atom stereocenters. The van der Waals surface area contributed by atoms with Gasteiger partial charge in [0.05, 0.1) is 11.3 Å². The Morgan fingerprint density at radius 1 is 1.60 bits per heavy atom. The lowest BCUT2D eigenvalue weighted by Gasteiger charge is -2.18. The summed E-state index contributed by atoms with van der Waals surface area (Å²) in [6.45, 7) is 5.30. The molecule has 0 spiro atoms. The van der Waals surface area contributed by atoms with E-state index in [1.807, 2.05) is 11.8 Å². The molecule has 5 heteroatoms. The molecule has 0 radical (unpaired) electrons. The van der Waals surface area contributed by atoms with Gasteiger partial charge in [-0.3, -0.25) is 0 Å². The second kappa shape index (κ2) is 4.53. The van der Waals surface area contributed by atoms with Crippen LogP contribution in [0.15, 0.2) is 4.52 Å². The first-order chi connectivity index (χ1) is 7.24. The lowest BCUT2D eigenvalue weighted by molar-refractivity contribution is 0.274. The van der Waals surface area contributed by atoms with Gasteiger partial charge < -0.3 is 9.84 Å². The maximum Gasteiger partial charge on any atom is 0.246 e. The van der Waals surface area contributed by atoms with Crippen LogP contribution in [0.3, 0.4) is 0 Å². The molecule has 1 aromatic rings. The second-order valence-electron chi connectivity index (χ2n) is 4.02. The van der Waals surface area contributed by atoms with Crippen molar-refractivity contribution < 1.29 is 4.52 Å². The van der Waals surface area contributed by atoms with Crippen molar-refractivity contribution in [2.24, 2.45) is 0 Å². The maximum atomic E-state index is 5.31. The Labute approximate surface area is 94.2 Å². The highest BCUT2D eigenvalue weighted by Gasteiger charge is 2.35. The maximum absolute atomic E-state index is 5.31. The summed E-state index contributed by atoms with van der Waals surface area (Å²) in [5.74, 6) is 3.48. The van der Waals surface area contributed by atoms with Gasteiger partial charge in [-0.25, -0.2) is 0 Å². The normalized spacial score (nSPS) is 26.0. The van der Waals surface area contributed by atoms with Crippen LogP contribution in [-0.4, -0.2) is 22.4 Å². The lowest BCUT2D eigenvalue weighted by atomic mass is 10.0. The van der Waals surface area contributed by atoms with E-state index < -0.39 is 0 Å². The molecule has 0 saturated carbocycles. The van der Waals surface area contributed by atoms with Gasteiger partial charge in [-0.1, -0.05) is 12.1 Å². The van der Waals surface area contributed by atoms with E-state index in [0.29, 0.717) is 0 Å². The van der Waals surface area contributed by atoms with Crippen LogP contribution in [0.1, 0.15) is 38.4 Å². The Morgan fingerprint density at radius 2 is 2.47 bits per heavy atom. The first-order valence-electron chi connectivity index (χ1n) is 5.40. The molecule has 1 unspecified atom stereocenters. The zero-order chi connectivity index (χ0) is 10.7. The molecule has 0 bridgehead atoms. The van der Waals surface area contributed by atoms with E-state index in [4.69, 9.17) is 4.52 Å². The summed E-state index contributed by atoms with van der Waals surface area (Å²) < 4.78 is 5.31. The third-order valence-corrected chi connectivity index (χ3v) is 3.61. The number of nitrogens with zero attached hydrogens (tertiary/aromatic N) is 2. The highest BCUT2D eigenvalue weighted by atomic mass is 32.2. The van der Waals surface area contributed by atoms with Gasteiger partial charge in [-0.15, -0.1) is 0 Å². The fourth-order valence-corrected chi connectivity index (χ4v) is 2.31. The number of hydrogen-bond acceptors (Lipinski definition) is 5. The average Bonchev–Trinajstić information content (AvgIpc) is 2.84. The molecule has 0 aromatic carbocycles. The molecule has 4 nitrogen and oxygen atoms in total. The number of rotatable bonds is 4. The highest BCUT2D eigenvalue weighted by molar-refractivity contribution is 7.98. The predicted molar refractivity (Wildman–Crippen MR) is 60.7 cm³/mol. The van der Waals surface area contributed by atoms with Crippen LogP contribution in [-0.2, 0) is 11.3 Å². The zero-order valence-corrected chi connectivity index (χ0v) is 10.1. The van der Waals surface area contributed by atoms with Crippen molar-refractivity contribution in [3.63, 3.8) is 0 Å². The molecular formula is C10H17N3OS. The first-order valence-corrected chi connectivity index (χ1v) is 6.56. The lowest BCUT2D eigenvalue weighted by Crippen LogP contribution is -2.33. The Hall–Kier alpha value is -0.550. The summed E-state index contributed by atoms with van der Waals surface area (Å²) in [7, 11) is 0. The van der Waals surface area contributed by atoms with Crippen molar-refractivity contribution in [1.82, 2.24) is 15.5 Å². The van der Waals surface area contributed by atoms with E-state index in [1.165, 1.54) is 6.42 Å². The summed E-state index contributed by atoms with van der Waals surface area (Å²) in [6.07, 6.45) is 2.26. The van der Waals surface area contributed by atoms with Crippen LogP contribution in [0.4, 0.5) is 0 Å². The SMILES string of the molecule is CCSCc1noc(C2(C)CCCN2)n1. The van der Waals surface area contributed by atoms with E-state index in [9.17, 15) is 0 Å². The molecule has 2 rings (SSSR count). The highest BCUT2D eigenvalue weighted by Crippen LogP contribution is 2.29. The molecule has 1 fully saturated rings. The molecule has 0 amide bonds. The molecular weight excluding hydrogens is 210 g/mol. The van der Waals surface area contributed by atoms with Gasteiger partial charge in [-0.2, -0.15) is 16.7 Å². The summed E-state index contributed by atoms with van der Waals surface area (Å²) >= 11 is 1.81. The standard InChI is InChI=1S/C10H17N3OS/c1-3-15-7-8-12-9(14-13-8)10(2)5-4-6-11-10/h11H,3-7H2,1-2H3. The number of aromatic nitrogens is 2. The molecule has 1 saturated heterocycles. The number of nitrogens with one attached hydrogen (secondary N) is 1. The van der Waals surface area contributed by atoms with Crippen LogP contribution in [0.5, 0.6) is 0 Å². The molecule has 1 N–H and O–H groups in total. The second-order valence-corrected chi connectivity index (χ2v) is 5.29. The minimum absolute atomic E-state index is 0.0951. The number of thioether (sulfide) groups is 1. The topological polar surface area (TPSA) is 51.0 Å². The fraction of sp³-hybridized carbons (Fsp3) is 0.800. The molecule has 2 heterocycles. The third-order valence-electron chi connectivity index (χ3n) is 2.74. The predicted octanol–water partition coefficient (Wildman–Crippen LogP) is 1.92. The molecule has 0 aliphatic carbocycles. The van der Waals surface area contributed by atoms with E-state index in [2.05, 4.69) is 29.3 Å². The van der Waals surface area contributed by atoms with Gasteiger partial charge in [0.15, 0.2) is 5.82 Å². The van der Waals surface area contributed by atoms with Gasteiger partial charge in [0.1, 0.15) is 0 Å². The summed E-state index contributed by atoms with van der Waals surface area (Å²) in [4.78, 5) is 4.44. The summed E-state index contributed by atoms with van der Waals surface area (Å²) in [5.41, 5.74) is -0.0951. The molecule has 1 aromatic heterocycles. The zero-order valence-electron chi connectivity index (χ0n) is 9.25. The molecule has 1 aliphatic heterocycles. The Balaban J connectivity index is 2.05. The third kappa shape index (κ3) is 2.34. The van der Waals surface area contributed by atoms with E-state index in [1.54, 1.807) is 0 Å². The van der Waals surface area contributed by atoms with Crippen LogP contribution < -0.4 is 5.32 Å². The van der Waals surface area contributed by atoms with Gasteiger partial charge in [-0.05, 0) is 32.1 Å². The molecule has 84 valence electrons. The number of hydrogen-bond donors (Lipinski definition) is 1. The molecule has 1 aliphatic rings. The average molecular weight is 227 g/mol. The van der Waals surface area contributed by atoms with Gasteiger partial charge in [0.25, 0.3) is 0 Å². The van der Waals surface area contributed by atoms with Crippen LogP contribution in [0.2, 0.25) is 0 Å². The quantitative estimate of drug-likeness (QED) is 0.851. The Morgan fingerprint density at radius 3 is 3.13 bits per heavy atom. The van der Waals surface area contributed by atoms with Crippen LogP contribution in [0.25, 0.3) is 0 Å². The summed E-state index contributed by atoms with van der Waals surface area (Å²) in [6, 6.07) is 0.